The second-order valence-electron chi connectivity index (χ2n) is 8.35. The quantitative estimate of drug-likeness (QED) is 0.583. The summed E-state index contributed by atoms with van der Waals surface area (Å²) in [5.74, 6) is -0.658. The molecule has 2 rings (SSSR count). The van der Waals surface area contributed by atoms with Crippen molar-refractivity contribution >= 4 is 33.5 Å². The van der Waals surface area contributed by atoms with Gasteiger partial charge in [-0.1, -0.05) is 52.1 Å². The molecule has 0 radical (unpaired) electrons. The number of hydrogen-bond donors (Lipinski definition) is 2. The highest BCUT2D eigenvalue weighted by Gasteiger charge is 2.31. The lowest BCUT2D eigenvalue weighted by Gasteiger charge is -2.34. The number of rotatable bonds is 8. The molecule has 1 aliphatic carbocycles. The van der Waals surface area contributed by atoms with Crippen LogP contribution in [-0.2, 0) is 24.3 Å². The lowest BCUT2D eigenvalue weighted by molar-refractivity contribution is -0.151. The lowest BCUT2D eigenvalue weighted by Crippen LogP contribution is -2.48. The van der Waals surface area contributed by atoms with Crippen molar-refractivity contribution < 1.29 is 22.7 Å². The van der Waals surface area contributed by atoms with Gasteiger partial charge in [-0.25, -0.2) is 8.42 Å². The maximum absolute atomic E-state index is 12.6. The molecular weight excluding hydrogens is 428 g/mol. The summed E-state index contributed by atoms with van der Waals surface area (Å²) in [4.78, 5) is 24.8. The molecule has 0 aromatic heterocycles. The van der Waals surface area contributed by atoms with Crippen molar-refractivity contribution in [1.82, 2.24) is 10.0 Å². The van der Waals surface area contributed by atoms with Gasteiger partial charge >= 0.3 is 5.97 Å². The van der Waals surface area contributed by atoms with Gasteiger partial charge in [0.1, 0.15) is 6.04 Å². The number of benzene rings is 1. The van der Waals surface area contributed by atoms with Crippen LogP contribution in [-0.4, -0.2) is 39.0 Å². The number of amides is 1. The number of sulfonamides is 1. The molecule has 0 aliphatic heterocycles. The Bertz CT molecular complexity index is 841. The highest BCUT2D eigenvalue weighted by atomic mass is 35.5. The van der Waals surface area contributed by atoms with Gasteiger partial charge in [0.05, 0.1) is 4.90 Å². The number of ether oxygens (including phenoxy) is 1. The van der Waals surface area contributed by atoms with Crippen LogP contribution in [0, 0.1) is 17.8 Å². The summed E-state index contributed by atoms with van der Waals surface area (Å²) in [5, 5.41) is 3.34. The number of nitrogens with one attached hydrogen (secondary N) is 2. The molecular formula is C21H31ClN2O5S. The van der Waals surface area contributed by atoms with Crippen molar-refractivity contribution in [3.05, 3.63) is 29.3 Å². The molecule has 0 spiro atoms. The Morgan fingerprint density at radius 1 is 1.17 bits per heavy atom. The Labute approximate surface area is 184 Å². The summed E-state index contributed by atoms with van der Waals surface area (Å²) >= 11 is 5.80. The van der Waals surface area contributed by atoms with Crippen LogP contribution in [0.4, 0.5) is 0 Å². The number of hydrogen-bond acceptors (Lipinski definition) is 5. The number of halogens is 1. The zero-order valence-corrected chi connectivity index (χ0v) is 19.4. The molecule has 0 bridgehead atoms. The fraction of sp³-hybridized carbons (Fsp3) is 0.619. The molecule has 0 heterocycles. The molecule has 1 aliphatic rings. The van der Waals surface area contributed by atoms with E-state index in [9.17, 15) is 18.0 Å². The summed E-state index contributed by atoms with van der Waals surface area (Å²) in [7, 11) is -3.95. The third-order valence-electron chi connectivity index (χ3n) is 5.73. The molecule has 7 nitrogen and oxygen atoms in total. The Morgan fingerprint density at radius 3 is 2.40 bits per heavy atom. The molecule has 1 amide bonds. The van der Waals surface area contributed by atoms with Crippen LogP contribution in [0.5, 0.6) is 0 Å². The Balaban J connectivity index is 1.95. The molecule has 1 aromatic rings. The third-order valence-corrected chi connectivity index (χ3v) is 7.43. The van der Waals surface area contributed by atoms with Gasteiger partial charge < -0.3 is 10.1 Å². The van der Waals surface area contributed by atoms with Gasteiger partial charge in [0, 0.05) is 11.1 Å². The predicted molar refractivity (Wildman–Crippen MR) is 115 cm³/mol. The van der Waals surface area contributed by atoms with E-state index in [0.29, 0.717) is 16.9 Å². The average molecular weight is 459 g/mol. The standard InChI is InChI=1S/C21H31ClN2O5S/c1-13(2)20(24-30(27,28)17-10-8-16(22)9-11-17)21(26)29-12-19(25)23-18-7-5-6-14(3)15(18)4/h8-11,13-15,18,20,24H,5-7,12H2,1-4H3,(H,23,25). The average Bonchev–Trinajstić information content (AvgIpc) is 2.68. The molecule has 30 heavy (non-hydrogen) atoms. The first-order valence-electron chi connectivity index (χ1n) is 10.2. The van der Waals surface area contributed by atoms with Gasteiger partial charge in [-0.15, -0.1) is 0 Å². The minimum Gasteiger partial charge on any atom is -0.454 e. The lowest BCUT2D eigenvalue weighted by atomic mass is 9.78. The fourth-order valence-corrected chi connectivity index (χ4v) is 5.03. The van der Waals surface area contributed by atoms with Crippen molar-refractivity contribution in [3.8, 4) is 0 Å². The summed E-state index contributed by atoms with van der Waals surface area (Å²) < 4.78 is 32.7. The van der Waals surface area contributed by atoms with Gasteiger partial charge in [-0.3, -0.25) is 9.59 Å². The van der Waals surface area contributed by atoms with Crippen LogP contribution in [0.25, 0.3) is 0 Å². The maximum atomic E-state index is 12.6. The predicted octanol–water partition coefficient (Wildman–Crippen LogP) is 3.13. The van der Waals surface area contributed by atoms with E-state index in [4.69, 9.17) is 16.3 Å². The van der Waals surface area contributed by atoms with E-state index < -0.39 is 28.6 Å². The highest BCUT2D eigenvalue weighted by Crippen LogP contribution is 2.29. The smallest absolute Gasteiger partial charge is 0.324 e. The van der Waals surface area contributed by atoms with Crippen LogP contribution in [0.2, 0.25) is 5.02 Å². The van der Waals surface area contributed by atoms with E-state index in [2.05, 4.69) is 23.9 Å². The molecule has 168 valence electrons. The summed E-state index contributed by atoms with van der Waals surface area (Å²) in [5.41, 5.74) is 0. The van der Waals surface area contributed by atoms with Crippen LogP contribution in [0.1, 0.15) is 47.0 Å². The van der Waals surface area contributed by atoms with Crippen molar-refractivity contribution in [2.24, 2.45) is 17.8 Å². The highest BCUT2D eigenvalue weighted by molar-refractivity contribution is 7.89. The normalized spacial score (nSPS) is 23.1. The van der Waals surface area contributed by atoms with Crippen LogP contribution in [0.15, 0.2) is 29.2 Å². The van der Waals surface area contributed by atoms with Crippen molar-refractivity contribution in [3.63, 3.8) is 0 Å². The Hall–Kier alpha value is -1.64. The fourth-order valence-electron chi connectivity index (χ4n) is 3.57. The monoisotopic (exact) mass is 458 g/mol. The van der Waals surface area contributed by atoms with Gasteiger partial charge in [-0.2, -0.15) is 4.72 Å². The Morgan fingerprint density at radius 2 is 1.80 bits per heavy atom. The number of esters is 1. The van der Waals surface area contributed by atoms with E-state index in [1.807, 2.05) is 0 Å². The minimum atomic E-state index is -3.95. The van der Waals surface area contributed by atoms with Gasteiger partial charge in [-0.05, 0) is 48.4 Å². The summed E-state index contributed by atoms with van der Waals surface area (Å²) in [6.07, 6.45) is 3.10. The molecule has 1 aromatic carbocycles. The molecule has 1 saturated carbocycles. The van der Waals surface area contributed by atoms with Crippen molar-refractivity contribution in [2.75, 3.05) is 6.61 Å². The molecule has 4 unspecified atom stereocenters. The molecule has 1 fully saturated rings. The van der Waals surface area contributed by atoms with E-state index >= 15 is 0 Å². The molecule has 0 saturated heterocycles. The first-order chi connectivity index (χ1) is 14.0. The Kier molecular flexibility index (Phi) is 8.70. The molecule has 2 N–H and O–H groups in total. The van der Waals surface area contributed by atoms with Crippen molar-refractivity contribution in [1.29, 1.82) is 0 Å². The topological polar surface area (TPSA) is 102 Å². The van der Waals surface area contributed by atoms with Gasteiger partial charge in [0.25, 0.3) is 5.91 Å². The van der Waals surface area contributed by atoms with E-state index in [-0.39, 0.29) is 22.8 Å². The van der Waals surface area contributed by atoms with E-state index in [1.165, 1.54) is 24.3 Å². The molecule has 9 heteroatoms. The summed E-state index contributed by atoms with van der Waals surface area (Å²) in [6.45, 7) is 7.23. The van der Waals surface area contributed by atoms with E-state index in [0.717, 1.165) is 19.3 Å². The minimum absolute atomic E-state index is 0.0106. The maximum Gasteiger partial charge on any atom is 0.324 e. The van der Waals surface area contributed by atoms with Crippen LogP contribution in [0.3, 0.4) is 0 Å². The van der Waals surface area contributed by atoms with Crippen LogP contribution < -0.4 is 10.0 Å². The van der Waals surface area contributed by atoms with Crippen LogP contribution >= 0.6 is 11.6 Å². The first kappa shape index (κ1) is 24.6. The largest absolute Gasteiger partial charge is 0.454 e. The first-order valence-corrected chi connectivity index (χ1v) is 12.1. The zero-order valence-electron chi connectivity index (χ0n) is 17.9. The van der Waals surface area contributed by atoms with Gasteiger partial charge in [0.2, 0.25) is 10.0 Å². The van der Waals surface area contributed by atoms with Gasteiger partial charge in [0.15, 0.2) is 6.61 Å². The summed E-state index contributed by atoms with van der Waals surface area (Å²) in [6, 6.07) is 4.56. The molecule has 4 atom stereocenters. The SMILES string of the molecule is CC(C)C(NS(=O)(=O)c1ccc(Cl)cc1)C(=O)OCC(=O)NC1CCCC(C)C1C. The number of carbonyl (C=O) groups excluding carboxylic acids is 2. The third kappa shape index (κ3) is 6.68. The zero-order chi connectivity index (χ0) is 22.5. The van der Waals surface area contributed by atoms with E-state index in [1.54, 1.807) is 13.8 Å². The second kappa shape index (κ2) is 10.6. The number of carbonyl (C=O) groups is 2. The van der Waals surface area contributed by atoms with Crippen molar-refractivity contribution in [2.45, 2.75) is 63.9 Å². The second-order valence-corrected chi connectivity index (χ2v) is 10.5.